The zero-order valence-electron chi connectivity index (χ0n) is 35.6. The van der Waals surface area contributed by atoms with Gasteiger partial charge in [-0.05, 0) is 105 Å². The van der Waals surface area contributed by atoms with E-state index in [9.17, 15) is 69.9 Å². The molecule has 4 saturated carbocycles. The molecule has 0 spiro atoms. The van der Waals surface area contributed by atoms with Crippen molar-refractivity contribution >= 4 is 29.7 Å². The van der Waals surface area contributed by atoms with Gasteiger partial charge in [-0.15, -0.1) is 0 Å². The molecule has 4 rings (SSSR count). The molecule has 60 heavy (non-hydrogen) atoms. The molecule has 0 heterocycles. The lowest BCUT2D eigenvalue weighted by Gasteiger charge is -2.63. The van der Waals surface area contributed by atoms with E-state index in [1.165, 1.54) is 9.80 Å². The maximum atomic E-state index is 13.2. The monoisotopic (exact) mass is 857 g/mol. The van der Waals surface area contributed by atoms with Crippen LogP contribution in [-0.2, 0) is 24.0 Å². The fourth-order valence-corrected chi connectivity index (χ4v) is 12.0. The van der Waals surface area contributed by atoms with E-state index in [-0.39, 0.29) is 99.2 Å². The number of aliphatic hydroxyl groups excluding tert-OH is 4. The molecule has 0 radical (unpaired) electrons. The Kier molecular flexibility index (Phi) is 17.7. The Morgan fingerprint density at radius 2 is 1.35 bits per heavy atom. The minimum Gasteiger partial charge on any atom is -0.481 e. The van der Waals surface area contributed by atoms with E-state index in [1.54, 1.807) is 11.8 Å². The highest BCUT2D eigenvalue weighted by atomic mass is 16.5. The van der Waals surface area contributed by atoms with Crippen LogP contribution >= 0.6 is 0 Å². The molecule has 11 N–H and O–H groups in total. The lowest BCUT2D eigenvalue weighted by atomic mass is 9.43. The lowest BCUT2D eigenvalue weighted by Crippen LogP contribution is -2.63. The van der Waals surface area contributed by atoms with Gasteiger partial charge in [-0.1, -0.05) is 20.8 Å². The molecule has 344 valence electrons. The molecule has 19 heteroatoms. The van der Waals surface area contributed by atoms with Gasteiger partial charge in [0.15, 0.2) is 12.6 Å². The molecule has 0 aliphatic heterocycles. The van der Waals surface area contributed by atoms with Crippen molar-refractivity contribution in [1.29, 1.82) is 0 Å². The number of hydrogen-bond acceptors (Lipinski definition) is 14. The molecule has 19 nitrogen and oxygen atoms in total. The first-order valence-electron chi connectivity index (χ1n) is 21.5. The standard InChI is InChI=1S/C41H71N5O14/c1-23(5-8-34(51)52)27-6-7-28-39-29(15-31(48)41(27,28)4)40(3)10-9-26(13-25(40)14-30(39)47)43-32(49)16-42-33(50)18-44(11-12-45(19-35(53)54)20-36(55)56)17-24(2)46(21-37(57)58)22-38(59)60/h23-31,37-39,47-48,57-60H,5-22H2,1-4H3,(H,42,50)(H,43,49)(H,51,52)(H,53,54)(H,55,56)/t23?,24?,25?,26?,27-,28?,29?,30?,31?,39?,40+,41-/m1/s1. The third-order valence-electron chi connectivity index (χ3n) is 14.9. The molecule has 9 unspecified atom stereocenters. The summed E-state index contributed by atoms with van der Waals surface area (Å²) in [6.07, 6.45) is 0.994. The Bertz CT molecular complexity index is 1460. The summed E-state index contributed by atoms with van der Waals surface area (Å²) in [5.74, 6) is -3.59. The molecule has 12 atom stereocenters. The summed E-state index contributed by atoms with van der Waals surface area (Å²) in [7, 11) is 0. The van der Waals surface area contributed by atoms with Crippen LogP contribution in [0.1, 0.15) is 85.5 Å². The molecule has 4 aliphatic rings. The summed E-state index contributed by atoms with van der Waals surface area (Å²) < 4.78 is 0. The van der Waals surface area contributed by atoms with Crippen LogP contribution in [0, 0.1) is 46.3 Å². The first-order valence-corrected chi connectivity index (χ1v) is 21.5. The quantitative estimate of drug-likeness (QED) is 0.0537. The number of carboxylic acid groups (broad SMARTS) is 3. The van der Waals surface area contributed by atoms with Crippen LogP contribution in [0.3, 0.4) is 0 Å². The van der Waals surface area contributed by atoms with Crippen LogP contribution in [0.2, 0.25) is 0 Å². The summed E-state index contributed by atoms with van der Waals surface area (Å²) in [5, 5.41) is 95.4. The second-order valence-corrected chi connectivity index (χ2v) is 18.8. The molecular formula is C41H71N5O14. The Labute approximate surface area is 352 Å². The third-order valence-corrected chi connectivity index (χ3v) is 14.9. The number of nitrogens with one attached hydrogen (secondary N) is 2. The van der Waals surface area contributed by atoms with Crippen LogP contribution < -0.4 is 10.6 Å². The first-order chi connectivity index (χ1) is 28.0. The number of nitrogens with zero attached hydrogens (tertiary/aromatic N) is 3. The number of rotatable bonds is 23. The highest BCUT2D eigenvalue weighted by Crippen LogP contribution is 2.68. The molecule has 4 fully saturated rings. The molecular weight excluding hydrogens is 786 g/mol. The van der Waals surface area contributed by atoms with Gasteiger partial charge in [0, 0.05) is 51.2 Å². The van der Waals surface area contributed by atoms with E-state index in [2.05, 4.69) is 31.4 Å². The molecule has 0 aromatic carbocycles. The van der Waals surface area contributed by atoms with Crippen LogP contribution in [0.5, 0.6) is 0 Å². The number of amides is 2. The summed E-state index contributed by atoms with van der Waals surface area (Å²) in [6.45, 7) is 5.72. The van der Waals surface area contributed by atoms with Crippen molar-refractivity contribution in [3.8, 4) is 0 Å². The number of aliphatic carboxylic acids is 3. The van der Waals surface area contributed by atoms with E-state index in [1.807, 2.05) is 0 Å². The Hall–Kier alpha value is -3.01. The van der Waals surface area contributed by atoms with Crippen LogP contribution in [-0.4, -0.2) is 186 Å². The number of aliphatic hydroxyl groups is 6. The van der Waals surface area contributed by atoms with Crippen LogP contribution in [0.15, 0.2) is 0 Å². The molecule has 2 amide bonds. The van der Waals surface area contributed by atoms with Gasteiger partial charge >= 0.3 is 17.9 Å². The minimum atomic E-state index is -1.80. The SMILES string of the molecule is CC(CCC(=O)O)[C@H]1CCC2C3C(O)CC4CC(NC(=O)CNC(=O)CN(CCN(CC(=O)O)CC(=O)O)CC(C)N(CC(O)O)CC(O)O)CC[C@]4(C)C3CC(O)[C@@]21C. The average molecular weight is 858 g/mol. The van der Waals surface area contributed by atoms with Crippen LogP contribution in [0.25, 0.3) is 0 Å². The number of hydrogen-bond donors (Lipinski definition) is 11. The van der Waals surface area contributed by atoms with Gasteiger partial charge in [-0.2, -0.15) is 0 Å². The summed E-state index contributed by atoms with van der Waals surface area (Å²) in [4.78, 5) is 64.6. The van der Waals surface area contributed by atoms with Gasteiger partial charge in [-0.3, -0.25) is 38.7 Å². The van der Waals surface area contributed by atoms with Gasteiger partial charge in [0.05, 0.1) is 38.4 Å². The molecule has 0 aromatic rings. The van der Waals surface area contributed by atoms with Crippen molar-refractivity contribution in [2.45, 2.75) is 122 Å². The van der Waals surface area contributed by atoms with Crippen molar-refractivity contribution in [3.05, 3.63) is 0 Å². The molecule has 4 aliphatic carbocycles. The Morgan fingerprint density at radius 1 is 0.733 bits per heavy atom. The van der Waals surface area contributed by atoms with Crippen molar-refractivity contribution in [3.63, 3.8) is 0 Å². The number of carbonyl (C=O) groups is 5. The topological polar surface area (TPSA) is 301 Å². The predicted octanol–water partition coefficient (Wildman–Crippen LogP) is -1.23. The highest BCUT2D eigenvalue weighted by molar-refractivity contribution is 5.85. The smallest absolute Gasteiger partial charge is 0.317 e. The molecule has 0 saturated heterocycles. The number of fused-ring (bicyclic) bond motifs is 5. The predicted molar refractivity (Wildman–Crippen MR) is 215 cm³/mol. The second kappa shape index (κ2) is 21.4. The van der Waals surface area contributed by atoms with Crippen molar-refractivity contribution in [1.82, 2.24) is 25.3 Å². The second-order valence-electron chi connectivity index (χ2n) is 18.8. The summed E-state index contributed by atoms with van der Waals surface area (Å²) >= 11 is 0. The van der Waals surface area contributed by atoms with E-state index >= 15 is 0 Å². The minimum absolute atomic E-state index is 0.0150. The van der Waals surface area contributed by atoms with Crippen molar-refractivity contribution < 1.29 is 69.9 Å². The maximum Gasteiger partial charge on any atom is 0.317 e. The molecule has 0 bridgehead atoms. The summed E-state index contributed by atoms with van der Waals surface area (Å²) in [5.41, 5.74) is -0.553. The average Bonchev–Trinajstić information content (AvgIpc) is 3.50. The fourth-order valence-electron chi connectivity index (χ4n) is 12.0. The van der Waals surface area contributed by atoms with Gasteiger partial charge in [0.2, 0.25) is 11.8 Å². The zero-order chi connectivity index (χ0) is 44.7. The van der Waals surface area contributed by atoms with Crippen LogP contribution in [0.4, 0.5) is 0 Å². The zero-order valence-corrected chi connectivity index (χ0v) is 35.6. The van der Waals surface area contributed by atoms with Crippen molar-refractivity contribution in [2.24, 2.45) is 46.3 Å². The molecule has 0 aromatic heterocycles. The summed E-state index contributed by atoms with van der Waals surface area (Å²) in [6, 6.07) is -0.777. The third kappa shape index (κ3) is 12.6. The highest BCUT2D eigenvalue weighted by Gasteiger charge is 2.65. The largest absolute Gasteiger partial charge is 0.481 e. The van der Waals surface area contributed by atoms with E-state index in [0.717, 1.165) is 19.3 Å². The van der Waals surface area contributed by atoms with Gasteiger partial charge in [0.1, 0.15) is 0 Å². The van der Waals surface area contributed by atoms with Gasteiger partial charge < -0.3 is 56.6 Å². The van der Waals surface area contributed by atoms with E-state index < -0.39 is 79.1 Å². The van der Waals surface area contributed by atoms with Crippen molar-refractivity contribution in [2.75, 3.05) is 58.9 Å². The van der Waals surface area contributed by atoms with E-state index in [0.29, 0.717) is 32.1 Å². The first kappa shape index (κ1) is 49.6. The van der Waals surface area contributed by atoms with Gasteiger partial charge in [-0.25, -0.2) is 0 Å². The van der Waals surface area contributed by atoms with E-state index in [4.69, 9.17) is 0 Å². The normalized spacial score (nSPS) is 32.4. The fraction of sp³-hybridized carbons (Fsp3) is 0.878. The Balaban J connectivity index is 1.35. The number of carbonyl (C=O) groups excluding carboxylic acids is 2. The maximum absolute atomic E-state index is 13.2. The number of carboxylic acids is 3. The lowest BCUT2D eigenvalue weighted by molar-refractivity contribution is -0.202. The Morgan fingerprint density at radius 3 is 1.93 bits per heavy atom. The van der Waals surface area contributed by atoms with Gasteiger partial charge in [0.25, 0.3) is 0 Å².